The molecule has 178 valence electrons. The third-order valence-corrected chi connectivity index (χ3v) is 6.75. The fourth-order valence-corrected chi connectivity index (χ4v) is 4.47. The lowest BCUT2D eigenvalue weighted by Gasteiger charge is -2.10. The smallest absolute Gasteiger partial charge is 0.339 e. The predicted octanol–water partition coefficient (Wildman–Crippen LogP) is 5.63. The van der Waals surface area contributed by atoms with Crippen molar-refractivity contribution in [2.75, 3.05) is 5.32 Å². The number of nitrogens with zero attached hydrogens (tertiary/aromatic N) is 2. The molecule has 35 heavy (non-hydrogen) atoms. The number of nitriles is 1. The molecule has 0 aliphatic heterocycles. The molecule has 0 aliphatic carbocycles. The van der Waals surface area contributed by atoms with Crippen LogP contribution in [0.2, 0.25) is 5.02 Å². The highest BCUT2D eigenvalue weighted by atomic mass is 79.9. The van der Waals surface area contributed by atoms with Gasteiger partial charge in [0, 0.05) is 12.1 Å². The van der Waals surface area contributed by atoms with Crippen molar-refractivity contribution in [2.45, 2.75) is 11.8 Å². The van der Waals surface area contributed by atoms with E-state index in [-0.39, 0.29) is 37.1 Å². The summed E-state index contributed by atoms with van der Waals surface area (Å²) >= 11 is 9.22. The van der Waals surface area contributed by atoms with E-state index in [1.54, 1.807) is 18.2 Å². The fourth-order valence-electron chi connectivity index (χ4n) is 2.77. The fraction of sp³-hybridized carbons (Fsp3) is 0.0435. The van der Waals surface area contributed by atoms with Crippen LogP contribution in [0, 0.1) is 28.4 Å². The zero-order chi connectivity index (χ0) is 25.8. The van der Waals surface area contributed by atoms with Crippen LogP contribution in [0.4, 0.5) is 11.4 Å². The second-order valence-corrected chi connectivity index (χ2v) is 9.89. The average Bonchev–Trinajstić information content (AvgIpc) is 2.80. The molecule has 3 aromatic rings. The Morgan fingerprint density at radius 2 is 1.86 bits per heavy atom. The Labute approximate surface area is 214 Å². The minimum absolute atomic E-state index is 0.00839. The third-order valence-electron chi connectivity index (χ3n) is 4.55. The lowest BCUT2D eigenvalue weighted by Crippen LogP contribution is -2.14. The van der Waals surface area contributed by atoms with Gasteiger partial charge in [-0.1, -0.05) is 35.4 Å². The molecule has 3 rings (SSSR count). The Hall–Kier alpha value is -3.72. The van der Waals surface area contributed by atoms with Crippen molar-refractivity contribution in [3.8, 4) is 11.8 Å². The molecule has 0 unspecified atom stereocenters. The van der Waals surface area contributed by atoms with Gasteiger partial charge >= 0.3 is 10.1 Å². The largest absolute Gasteiger partial charge is 0.378 e. The van der Waals surface area contributed by atoms with Crippen LogP contribution in [0.5, 0.6) is 5.75 Å². The SMILES string of the molecule is Cc1ccc(S(=O)(=O)Oc2ccc(/C=C(\C#N)C(=O)Nc3cc([N+](=O)[O-])ccc3Cl)cc2Br)cc1. The minimum atomic E-state index is -4.08. The van der Waals surface area contributed by atoms with Crippen molar-refractivity contribution in [1.29, 1.82) is 5.26 Å². The quantitative estimate of drug-likeness (QED) is 0.126. The summed E-state index contributed by atoms with van der Waals surface area (Å²) in [5, 5.41) is 22.8. The number of non-ortho nitro benzene ring substituents is 1. The Morgan fingerprint density at radius 3 is 2.46 bits per heavy atom. The van der Waals surface area contributed by atoms with Crippen molar-refractivity contribution in [3.63, 3.8) is 0 Å². The van der Waals surface area contributed by atoms with Gasteiger partial charge in [0.25, 0.3) is 11.6 Å². The van der Waals surface area contributed by atoms with Gasteiger partial charge in [0.05, 0.1) is 20.1 Å². The van der Waals surface area contributed by atoms with Gasteiger partial charge in [0.15, 0.2) is 5.75 Å². The van der Waals surface area contributed by atoms with Crippen molar-refractivity contribution >= 4 is 61.0 Å². The summed E-state index contributed by atoms with van der Waals surface area (Å²) in [6.07, 6.45) is 1.25. The Morgan fingerprint density at radius 1 is 1.17 bits per heavy atom. The van der Waals surface area contributed by atoms with E-state index in [4.69, 9.17) is 15.8 Å². The number of anilines is 1. The van der Waals surface area contributed by atoms with E-state index in [9.17, 15) is 28.6 Å². The number of nitro benzene ring substituents is 1. The molecule has 0 radical (unpaired) electrons. The standard InChI is InChI=1S/C23H15BrClN3O6S/c1-14-2-6-18(7-3-14)35(32,33)34-22-9-4-15(11-19(22)24)10-16(13-26)23(29)27-21-12-17(28(30)31)5-8-20(21)25/h2-12H,1H3,(H,27,29)/b16-10+. The summed E-state index contributed by atoms with van der Waals surface area (Å²) in [7, 11) is -4.08. The molecular weight excluding hydrogens is 562 g/mol. The van der Waals surface area contributed by atoms with E-state index >= 15 is 0 Å². The maximum atomic E-state index is 12.6. The summed E-state index contributed by atoms with van der Waals surface area (Å²) in [6.45, 7) is 1.83. The monoisotopic (exact) mass is 575 g/mol. The summed E-state index contributed by atoms with van der Waals surface area (Å²) in [5.41, 5.74) is 0.645. The van der Waals surface area contributed by atoms with E-state index < -0.39 is 20.9 Å². The highest BCUT2D eigenvalue weighted by Gasteiger charge is 2.19. The van der Waals surface area contributed by atoms with Gasteiger partial charge in [-0.3, -0.25) is 14.9 Å². The molecule has 0 spiro atoms. The maximum absolute atomic E-state index is 12.6. The Balaban J connectivity index is 1.82. The molecule has 0 fully saturated rings. The number of hydrogen-bond acceptors (Lipinski definition) is 7. The molecule has 1 N–H and O–H groups in total. The van der Waals surface area contributed by atoms with Crippen LogP contribution in [0.25, 0.3) is 6.08 Å². The van der Waals surface area contributed by atoms with E-state index in [1.165, 1.54) is 48.5 Å². The van der Waals surface area contributed by atoms with Gasteiger partial charge in [-0.15, -0.1) is 0 Å². The first-order chi connectivity index (χ1) is 16.5. The molecule has 0 bridgehead atoms. The summed E-state index contributed by atoms with van der Waals surface area (Å²) in [5.74, 6) is -0.831. The van der Waals surface area contributed by atoms with Gasteiger partial charge in [0.2, 0.25) is 0 Å². The first-order valence-electron chi connectivity index (χ1n) is 9.68. The lowest BCUT2D eigenvalue weighted by molar-refractivity contribution is -0.384. The van der Waals surface area contributed by atoms with Crippen LogP contribution < -0.4 is 9.50 Å². The highest BCUT2D eigenvalue weighted by molar-refractivity contribution is 9.10. The van der Waals surface area contributed by atoms with Gasteiger partial charge < -0.3 is 9.50 Å². The second-order valence-electron chi connectivity index (χ2n) is 7.09. The molecule has 12 heteroatoms. The van der Waals surface area contributed by atoms with Crippen LogP contribution in [0.3, 0.4) is 0 Å². The molecule has 0 aliphatic rings. The van der Waals surface area contributed by atoms with Crippen LogP contribution in [-0.4, -0.2) is 19.2 Å². The second kappa shape index (κ2) is 10.7. The van der Waals surface area contributed by atoms with Gasteiger partial charge in [-0.25, -0.2) is 0 Å². The number of nitrogens with one attached hydrogen (secondary N) is 1. The highest BCUT2D eigenvalue weighted by Crippen LogP contribution is 2.30. The summed E-state index contributed by atoms with van der Waals surface area (Å²) in [4.78, 5) is 22.9. The van der Waals surface area contributed by atoms with E-state index in [2.05, 4.69) is 21.2 Å². The molecule has 0 atom stereocenters. The number of amides is 1. The average molecular weight is 577 g/mol. The molecule has 0 aromatic heterocycles. The topological polar surface area (TPSA) is 139 Å². The number of aryl methyl sites for hydroxylation is 1. The van der Waals surface area contributed by atoms with Crippen molar-refractivity contribution in [1.82, 2.24) is 0 Å². The van der Waals surface area contributed by atoms with Crippen LogP contribution in [-0.2, 0) is 14.9 Å². The molecule has 0 heterocycles. The van der Waals surface area contributed by atoms with Crippen molar-refractivity contribution in [3.05, 3.63) is 97.0 Å². The molecule has 0 saturated carbocycles. The van der Waals surface area contributed by atoms with Gasteiger partial charge in [0.1, 0.15) is 16.5 Å². The third kappa shape index (κ3) is 6.45. The molecule has 3 aromatic carbocycles. The normalized spacial score (nSPS) is 11.4. The summed E-state index contributed by atoms with van der Waals surface area (Å²) in [6, 6.07) is 15.7. The van der Waals surface area contributed by atoms with Crippen molar-refractivity contribution in [2.24, 2.45) is 0 Å². The number of rotatable bonds is 7. The van der Waals surface area contributed by atoms with Crippen LogP contribution in [0.1, 0.15) is 11.1 Å². The Bertz CT molecular complexity index is 1500. The molecule has 1 amide bonds. The predicted molar refractivity (Wildman–Crippen MR) is 133 cm³/mol. The zero-order valence-electron chi connectivity index (χ0n) is 17.9. The first-order valence-corrected chi connectivity index (χ1v) is 12.3. The number of carbonyl (C=O) groups excluding carboxylic acids is 1. The van der Waals surface area contributed by atoms with E-state index in [1.807, 2.05) is 6.92 Å². The number of carbonyl (C=O) groups is 1. The lowest BCUT2D eigenvalue weighted by atomic mass is 10.1. The van der Waals surface area contributed by atoms with Gasteiger partial charge in [-0.2, -0.15) is 13.7 Å². The van der Waals surface area contributed by atoms with Crippen molar-refractivity contribution < 1.29 is 22.3 Å². The number of benzene rings is 3. The molecular formula is C23H15BrClN3O6S. The van der Waals surface area contributed by atoms with Crippen LogP contribution >= 0.6 is 27.5 Å². The Kier molecular flexibility index (Phi) is 7.91. The van der Waals surface area contributed by atoms with E-state index in [0.29, 0.717) is 5.56 Å². The molecule has 0 saturated heterocycles. The maximum Gasteiger partial charge on any atom is 0.339 e. The first kappa shape index (κ1) is 25.9. The number of nitro groups is 1. The molecule has 9 nitrogen and oxygen atoms in total. The summed E-state index contributed by atoms with van der Waals surface area (Å²) < 4.78 is 30.5. The van der Waals surface area contributed by atoms with Gasteiger partial charge in [-0.05, 0) is 64.8 Å². The minimum Gasteiger partial charge on any atom is -0.378 e. The zero-order valence-corrected chi connectivity index (χ0v) is 21.0. The van der Waals surface area contributed by atoms with E-state index in [0.717, 1.165) is 11.6 Å². The van der Waals surface area contributed by atoms with Crippen LogP contribution in [0.15, 0.2) is 75.6 Å². The number of hydrogen-bond donors (Lipinski definition) is 1. The number of halogens is 2.